The first-order chi connectivity index (χ1) is 18.3. The van der Waals surface area contributed by atoms with Crippen LogP contribution in [0.4, 0.5) is 14.4 Å². The monoisotopic (exact) mass is 566 g/mol. The van der Waals surface area contributed by atoms with Gasteiger partial charge in [-0.05, 0) is 38.5 Å². The Kier molecular flexibility index (Phi) is 20.2. The Balaban J connectivity index is 4.73. The van der Waals surface area contributed by atoms with E-state index in [2.05, 4.69) is 0 Å². The highest BCUT2D eigenvalue weighted by Gasteiger charge is 2.20. The highest BCUT2D eigenvalue weighted by atomic mass is 16.7. The zero-order valence-corrected chi connectivity index (χ0v) is 25.1. The maximum Gasteiger partial charge on any atom is 0.508 e. The Morgan fingerprint density at radius 3 is 1.00 bits per heavy atom. The van der Waals surface area contributed by atoms with Gasteiger partial charge in [-0.25, -0.2) is 14.4 Å². The van der Waals surface area contributed by atoms with Crippen LogP contribution in [0.2, 0.25) is 0 Å². The molecule has 0 aliphatic rings. The molecule has 0 aromatic rings. The fraction of sp³-hybridized carbons (Fsp3) is 0.889. The van der Waals surface area contributed by atoms with Gasteiger partial charge in [0.1, 0.15) is 25.9 Å². The van der Waals surface area contributed by atoms with Crippen LogP contribution < -0.4 is 0 Å². The van der Waals surface area contributed by atoms with Crippen molar-refractivity contribution in [1.29, 1.82) is 0 Å². The molecule has 0 amide bonds. The highest BCUT2D eigenvalue weighted by molar-refractivity contribution is 5.60. The Bertz CT molecular complexity index is 629. The van der Waals surface area contributed by atoms with Crippen molar-refractivity contribution in [2.75, 3.05) is 52.9 Å². The fourth-order valence-electron chi connectivity index (χ4n) is 2.52. The van der Waals surface area contributed by atoms with Gasteiger partial charge in [0.15, 0.2) is 0 Å². The molecule has 0 radical (unpaired) electrons. The van der Waals surface area contributed by atoms with Crippen LogP contribution in [0.25, 0.3) is 0 Å². The van der Waals surface area contributed by atoms with Crippen molar-refractivity contribution in [2.45, 2.75) is 86.7 Å². The van der Waals surface area contributed by atoms with Crippen LogP contribution in [-0.2, 0) is 42.6 Å². The van der Waals surface area contributed by atoms with E-state index in [4.69, 9.17) is 42.6 Å². The van der Waals surface area contributed by atoms with Crippen LogP contribution in [0.3, 0.4) is 0 Å². The lowest BCUT2D eigenvalue weighted by Gasteiger charge is -2.25. The van der Waals surface area contributed by atoms with Crippen LogP contribution in [0.15, 0.2) is 0 Å². The van der Waals surface area contributed by atoms with Crippen LogP contribution in [-0.4, -0.2) is 95.7 Å². The molecule has 12 nitrogen and oxygen atoms in total. The van der Waals surface area contributed by atoms with Crippen LogP contribution in [0.1, 0.15) is 62.3 Å². The number of hydrogen-bond donors (Lipinski definition) is 0. The van der Waals surface area contributed by atoms with E-state index in [-0.39, 0.29) is 70.6 Å². The Morgan fingerprint density at radius 1 is 0.410 bits per heavy atom. The quantitative estimate of drug-likeness (QED) is 0.145. The molecule has 3 unspecified atom stereocenters. The molecule has 3 atom stereocenters. The van der Waals surface area contributed by atoms with Gasteiger partial charge in [0.2, 0.25) is 0 Å². The van der Waals surface area contributed by atoms with Gasteiger partial charge in [0.05, 0.1) is 51.3 Å². The van der Waals surface area contributed by atoms with Gasteiger partial charge in [-0.2, -0.15) is 0 Å². The lowest BCUT2D eigenvalue weighted by atomic mass is 10.2. The normalized spacial score (nSPS) is 14.5. The van der Waals surface area contributed by atoms with Crippen molar-refractivity contribution in [3.05, 3.63) is 0 Å². The molecular formula is C27H50O12. The summed E-state index contributed by atoms with van der Waals surface area (Å²) >= 11 is 0. The van der Waals surface area contributed by atoms with Gasteiger partial charge in [-0.15, -0.1) is 0 Å². The van der Waals surface area contributed by atoms with Crippen molar-refractivity contribution < 1.29 is 57.0 Å². The molecule has 0 bridgehead atoms. The van der Waals surface area contributed by atoms with E-state index in [0.29, 0.717) is 0 Å². The molecule has 12 heteroatoms. The van der Waals surface area contributed by atoms with Crippen molar-refractivity contribution in [1.82, 2.24) is 0 Å². The zero-order valence-electron chi connectivity index (χ0n) is 25.1. The molecule has 0 aliphatic carbocycles. The summed E-state index contributed by atoms with van der Waals surface area (Å²) in [5.74, 6) is 0.590. The van der Waals surface area contributed by atoms with E-state index in [1.165, 1.54) is 0 Å². The first-order valence-electron chi connectivity index (χ1n) is 13.6. The summed E-state index contributed by atoms with van der Waals surface area (Å²) in [4.78, 5) is 35.1. The number of rotatable bonds is 20. The maximum absolute atomic E-state index is 11.7. The average Bonchev–Trinajstić information content (AvgIpc) is 2.87. The Labute approximate surface area is 233 Å². The molecule has 0 saturated carbocycles. The summed E-state index contributed by atoms with van der Waals surface area (Å²) in [7, 11) is 0. The predicted molar refractivity (Wildman–Crippen MR) is 142 cm³/mol. The average molecular weight is 567 g/mol. The minimum atomic E-state index is -0.770. The van der Waals surface area contributed by atoms with E-state index in [1.54, 1.807) is 20.8 Å². The van der Waals surface area contributed by atoms with Gasteiger partial charge in [0, 0.05) is 0 Å². The molecule has 0 heterocycles. The molecule has 0 aromatic carbocycles. The second kappa shape index (κ2) is 21.5. The smallest absolute Gasteiger partial charge is 0.434 e. The standard InChI is InChI=1S/C27H50O12/c1-18(2)10-33-25(28)36-13-21(7)31-16-24(39-23(9)15-38-27(30)35-12-20(5)6)17-32-22(8)14-37-26(29)34-11-19(3)4/h18-24H,10-17H2,1-9H3. The van der Waals surface area contributed by atoms with Crippen molar-refractivity contribution in [2.24, 2.45) is 17.8 Å². The molecule has 0 aromatic heterocycles. The van der Waals surface area contributed by atoms with Crippen molar-refractivity contribution in [3.8, 4) is 0 Å². The SMILES string of the molecule is CC(C)COC(=O)OCC(C)OCC(COC(C)COC(=O)OCC(C)C)OC(C)COC(=O)OCC(C)C. The number of carbonyl (C=O) groups is 3. The number of carbonyl (C=O) groups excluding carboxylic acids is 3. The minimum Gasteiger partial charge on any atom is -0.434 e. The first kappa shape index (κ1) is 36.7. The molecule has 0 saturated heterocycles. The summed E-state index contributed by atoms with van der Waals surface area (Å²) in [6.45, 7) is 17.7. The summed E-state index contributed by atoms with van der Waals surface area (Å²) in [5, 5.41) is 0. The largest absolute Gasteiger partial charge is 0.508 e. The molecule has 0 fully saturated rings. The first-order valence-corrected chi connectivity index (χ1v) is 13.6. The second-order valence-corrected chi connectivity index (χ2v) is 10.7. The van der Waals surface area contributed by atoms with Gasteiger partial charge in [0.25, 0.3) is 0 Å². The summed E-state index contributed by atoms with van der Waals surface area (Å²) in [6.07, 6.45) is -4.25. The lowest BCUT2D eigenvalue weighted by molar-refractivity contribution is -0.127. The zero-order chi connectivity index (χ0) is 29.8. The Morgan fingerprint density at radius 2 is 0.692 bits per heavy atom. The van der Waals surface area contributed by atoms with Crippen LogP contribution >= 0.6 is 0 Å². The van der Waals surface area contributed by atoms with Crippen molar-refractivity contribution in [3.63, 3.8) is 0 Å². The highest BCUT2D eigenvalue weighted by Crippen LogP contribution is 2.08. The third kappa shape index (κ3) is 23.3. The van der Waals surface area contributed by atoms with Gasteiger partial charge in [-0.3, -0.25) is 0 Å². The van der Waals surface area contributed by atoms with E-state index in [1.807, 2.05) is 41.5 Å². The van der Waals surface area contributed by atoms with E-state index in [9.17, 15) is 14.4 Å². The molecule has 0 N–H and O–H groups in total. The van der Waals surface area contributed by atoms with Gasteiger partial charge >= 0.3 is 18.5 Å². The number of ether oxygens (including phenoxy) is 9. The maximum atomic E-state index is 11.7. The molecular weight excluding hydrogens is 516 g/mol. The second-order valence-electron chi connectivity index (χ2n) is 10.7. The molecule has 39 heavy (non-hydrogen) atoms. The van der Waals surface area contributed by atoms with E-state index >= 15 is 0 Å². The third-order valence-electron chi connectivity index (χ3n) is 4.47. The Hall–Kier alpha value is -2.31. The summed E-state index contributed by atoms with van der Waals surface area (Å²) < 4.78 is 47.7. The van der Waals surface area contributed by atoms with E-state index < -0.39 is 42.9 Å². The van der Waals surface area contributed by atoms with Gasteiger partial charge in [-0.1, -0.05) is 41.5 Å². The fourth-order valence-corrected chi connectivity index (χ4v) is 2.52. The van der Waals surface area contributed by atoms with Crippen LogP contribution in [0.5, 0.6) is 0 Å². The lowest BCUT2D eigenvalue weighted by Crippen LogP contribution is -2.35. The predicted octanol–water partition coefficient (Wildman–Crippen LogP) is 5.00. The molecule has 0 spiro atoms. The van der Waals surface area contributed by atoms with E-state index in [0.717, 1.165) is 0 Å². The summed E-state index contributed by atoms with van der Waals surface area (Å²) in [5.41, 5.74) is 0. The number of hydrogen-bond acceptors (Lipinski definition) is 12. The molecule has 0 rings (SSSR count). The summed E-state index contributed by atoms with van der Waals surface area (Å²) in [6, 6.07) is 0. The third-order valence-corrected chi connectivity index (χ3v) is 4.47. The minimum absolute atomic E-state index is 0.00636. The topological polar surface area (TPSA) is 134 Å². The van der Waals surface area contributed by atoms with Gasteiger partial charge < -0.3 is 42.6 Å². The molecule has 0 aliphatic heterocycles. The van der Waals surface area contributed by atoms with Crippen molar-refractivity contribution >= 4 is 18.5 Å². The van der Waals surface area contributed by atoms with Crippen LogP contribution in [0, 0.1) is 17.8 Å². The molecule has 230 valence electrons.